The van der Waals surface area contributed by atoms with E-state index in [9.17, 15) is 0 Å². The molecule has 0 fully saturated rings. The average molecular weight is 477 g/mol. The van der Waals surface area contributed by atoms with E-state index in [4.69, 9.17) is 22.3 Å². The van der Waals surface area contributed by atoms with E-state index in [-0.39, 0.29) is 5.82 Å². The molecule has 0 atom stereocenters. The highest BCUT2D eigenvalue weighted by Gasteiger charge is 2.27. The van der Waals surface area contributed by atoms with Gasteiger partial charge in [0.25, 0.3) is 0 Å². The summed E-state index contributed by atoms with van der Waals surface area (Å²) in [6.07, 6.45) is 3.99. The smallest absolute Gasteiger partial charge is 0.186 e. The number of hydrogen-bond acceptors (Lipinski definition) is 5. The summed E-state index contributed by atoms with van der Waals surface area (Å²) >= 11 is 6.00. The topological polar surface area (TPSA) is 80.9 Å². The number of nitrogens with two attached hydrogens (primary N) is 1. The van der Waals surface area contributed by atoms with Crippen LogP contribution in [0.3, 0.4) is 0 Å². The first-order valence-electron chi connectivity index (χ1n) is 11.4. The lowest BCUT2D eigenvalue weighted by Crippen LogP contribution is -2.03. The molecule has 2 aromatic heterocycles. The summed E-state index contributed by atoms with van der Waals surface area (Å²) in [5, 5.41) is 14.1. The van der Waals surface area contributed by atoms with Crippen LogP contribution in [0.1, 0.15) is 23.2 Å². The maximum atomic E-state index is 6.34. The number of nitrogens with zero attached hydrogens (tertiary/aromatic N) is 5. The van der Waals surface area contributed by atoms with E-state index in [1.807, 2.05) is 40.9 Å². The maximum Gasteiger partial charge on any atom is 0.186 e. The Kier molecular flexibility index (Phi) is 5.35. The molecular weight excluding hydrogens is 456 g/mol. The fourth-order valence-electron chi connectivity index (χ4n) is 4.46. The molecule has 35 heavy (non-hydrogen) atoms. The fraction of sp³-hybridized carbons (Fsp3) is 0.0714. The molecule has 2 N–H and O–H groups in total. The maximum absolute atomic E-state index is 6.34. The zero-order valence-electron chi connectivity index (χ0n) is 18.8. The largest absolute Gasteiger partial charge is 0.380 e. The summed E-state index contributed by atoms with van der Waals surface area (Å²) in [4.78, 5) is 5.04. The molecule has 1 aliphatic rings. The highest BCUT2D eigenvalue weighted by molar-refractivity contribution is 6.30. The number of rotatable bonds is 4. The van der Waals surface area contributed by atoms with Gasteiger partial charge in [-0.05, 0) is 54.3 Å². The van der Waals surface area contributed by atoms with Gasteiger partial charge in [-0.25, -0.2) is 9.50 Å². The first kappa shape index (κ1) is 21.3. The Morgan fingerprint density at radius 2 is 1.57 bits per heavy atom. The SMILES string of the molecule is Nc1nn2c(-c3ccccc3)c3c(nc2c1N=Nc1ccc(Cl)cc1)/C(=C/c1ccccc1)CC3. The lowest BCUT2D eigenvalue weighted by atomic mass is 10.0. The predicted molar refractivity (Wildman–Crippen MR) is 141 cm³/mol. The third kappa shape index (κ3) is 3.98. The lowest BCUT2D eigenvalue weighted by molar-refractivity contribution is 0.928. The molecule has 170 valence electrons. The number of azo groups is 1. The molecule has 0 amide bonds. The van der Waals surface area contributed by atoms with Crippen LogP contribution >= 0.6 is 11.6 Å². The number of aromatic nitrogens is 3. The number of fused-ring (bicyclic) bond motifs is 2. The summed E-state index contributed by atoms with van der Waals surface area (Å²) in [5.74, 6) is 0.282. The van der Waals surface area contributed by atoms with Gasteiger partial charge in [0.15, 0.2) is 17.2 Å². The first-order chi connectivity index (χ1) is 17.2. The third-order valence-corrected chi connectivity index (χ3v) is 6.34. The fourth-order valence-corrected chi connectivity index (χ4v) is 4.59. The number of nitrogen functional groups attached to an aromatic ring is 1. The van der Waals surface area contributed by atoms with E-state index < -0.39 is 0 Å². The Bertz CT molecular complexity index is 1590. The van der Waals surface area contributed by atoms with Crippen molar-refractivity contribution in [3.63, 3.8) is 0 Å². The van der Waals surface area contributed by atoms with Crippen LogP contribution in [0.5, 0.6) is 0 Å². The van der Waals surface area contributed by atoms with E-state index in [1.165, 1.54) is 5.57 Å². The van der Waals surface area contributed by atoms with Crippen molar-refractivity contribution in [2.45, 2.75) is 12.8 Å². The van der Waals surface area contributed by atoms with E-state index in [0.29, 0.717) is 22.0 Å². The van der Waals surface area contributed by atoms with Crippen molar-refractivity contribution < 1.29 is 0 Å². The van der Waals surface area contributed by atoms with Crippen LogP contribution in [-0.4, -0.2) is 14.6 Å². The van der Waals surface area contributed by atoms with Gasteiger partial charge in [0.2, 0.25) is 0 Å². The van der Waals surface area contributed by atoms with Gasteiger partial charge < -0.3 is 5.73 Å². The van der Waals surface area contributed by atoms with Crippen molar-refractivity contribution in [3.05, 3.63) is 107 Å². The van der Waals surface area contributed by atoms with Gasteiger partial charge in [-0.3, -0.25) is 0 Å². The summed E-state index contributed by atoms with van der Waals surface area (Å²) in [6, 6.07) is 27.7. The Labute approximate surface area is 207 Å². The first-order valence-corrected chi connectivity index (χ1v) is 11.7. The zero-order valence-corrected chi connectivity index (χ0v) is 19.5. The van der Waals surface area contributed by atoms with Crippen LogP contribution in [0.25, 0.3) is 28.6 Å². The molecule has 0 aliphatic heterocycles. The molecular formula is C28H21ClN6. The molecule has 3 aromatic carbocycles. The van der Waals surface area contributed by atoms with Crippen molar-refractivity contribution in [1.29, 1.82) is 0 Å². The molecule has 6 rings (SSSR count). The van der Waals surface area contributed by atoms with Crippen LogP contribution in [-0.2, 0) is 6.42 Å². The van der Waals surface area contributed by atoms with Crippen LogP contribution < -0.4 is 5.73 Å². The van der Waals surface area contributed by atoms with Crippen LogP contribution in [0.4, 0.5) is 17.2 Å². The quantitative estimate of drug-likeness (QED) is 0.272. The molecule has 0 bridgehead atoms. The lowest BCUT2D eigenvalue weighted by Gasteiger charge is -2.11. The highest BCUT2D eigenvalue weighted by atomic mass is 35.5. The molecule has 0 unspecified atom stereocenters. The van der Waals surface area contributed by atoms with Crippen LogP contribution in [0.15, 0.2) is 95.2 Å². The Morgan fingerprint density at radius 1 is 0.857 bits per heavy atom. The van der Waals surface area contributed by atoms with Gasteiger partial charge in [0.05, 0.1) is 17.1 Å². The van der Waals surface area contributed by atoms with Crippen molar-refractivity contribution in [2.75, 3.05) is 5.73 Å². The van der Waals surface area contributed by atoms with E-state index in [2.05, 4.69) is 45.7 Å². The zero-order chi connectivity index (χ0) is 23.8. The molecule has 5 aromatic rings. The van der Waals surface area contributed by atoms with Crippen LogP contribution in [0, 0.1) is 0 Å². The number of anilines is 1. The molecule has 6 nitrogen and oxygen atoms in total. The number of benzene rings is 3. The number of halogens is 1. The van der Waals surface area contributed by atoms with Gasteiger partial charge in [0, 0.05) is 16.1 Å². The minimum Gasteiger partial charge on any atom is -0.380 e. The number of hydrogen-bond donors (Lipinski definition) is 1. The predicted octanol–water partition coefficient (Wildman–Crippen LogP) is 7.53. The Morgan fingerprint density at radius 3 is 2.31 bits per heavy atom. The Balaban J connectivity index is 1.57. The molecule has 1 aliphatic carbocycles. The van der Waals surface area contributed by atoms with Gasteiger partial charge in [-0.2, -0.15) is 5.11 Å². The minimum absolute atomic E-state index is 0.282. The summed E-state index contributed by atoms with van der Waals surface area (Å²) in [5.41, 5.74) is 14.5. The van der Waals surface area contributed by atoms with E-state index in [1.54, 1.807) is 24.3 Å². The second-order valence-electron chi connectivity index (χ2n) is 8.38. The Hall–Kier alpha value is -4.29. The van der Waals surface area contributed by atoms with Crippen LogP contribution in [0.2, 0.25) is 5.02 Å². The molecule has 7 heteroatoms. The van der Waals surface area contributed by atoms with Crippen molar-refractivity contribution >= 4 is 46.1 Å². The van der Waals surface area contributed by atoms with Crippen molar-refractivity contribution in [1.82, 2.24) is 14.6 Å². The third-order valence-electron chi connectivity index (χ3n) is 6.09. The van der Waals surface area contributed by atoms with Gasteiger partial charge in [-0.1, -0.05) is 72.3 Å². The molecule has 2 heterocycles. The standard InChI is InChI=1S/C28H21ClN6/c29-21-12-14-22(15-13-21)32-33-25-27(30)34-35-26(19-9-5-2-6-10-19)23-16-11-20(24(23)31-28(25)35)17-18-7-3-1-4-8-18/h1-10,12-15,17H,11,16H2,(H2,30,34)/b20-17+,33-32?. The van der Waals surface area contributed by atoms with Crippen molar-refractivity contribution in [3.8, 4) is 11.3 Å². The minimum atomic E-state index is 0.282. The average Bonchev–Trinajstić information content (AvgIpc) is 3.43. The highest BCUT2D eigenvalue weighted by Crippen LogP contribution is 2.41. The van der Waals surface area contributed by atoms with Gasteiger partial charge >= 0.3 is 0 Å². The summed E-state index contributed by atoms with van der Waals surface area (Å²) in [6.45, 7) is 0. The van der Waals surface area contributed by atoms with Crippen molar-refractivity contribution in [2.24, 2.45) is 10.2 Å². The van der Waals surface area contributed by atoms with E-state index in [0.717, 1.165) is 40.9 Å². The van der Waals surface area contributed by atoms with Gasteiger partial charge in [-0.15, -0.1) is 10.2 Å². The summed E-state index contributed by atoms with van der Waals surface area (Å²) < 4.78 is 1.81. The van der Waals surface area contributed by atoms with Gasteiger partial charge in [0.1, 0.15) is 0 Å². The molecule has 0 spiro atoms. The monoisotopic (exact) mass is 476 g/mol. The second-order valence-corrected chi connectivity index (χ2v) is 8.82. The second kappa shape index (κ2) is 8.81. The number of allylic oxidation sites excluding steroid dienone is 1. The van der Waals surface area contributed by atoms with E-state index >= 15 is 0 Å². The molecule has 0 saturated heterocycles. The summed E-state index contributed by atoms with van der Waals surface area (Å²) in [7, 11) is 0. The normalized spacial score (nSPS) is 14.3. The molecule has 0 saturated carbocycles. The molecule has 0 radical (unpaired) electrons.